The summed E-state index contributed by atoms with van der Waals surface area (Å²) in [4.78, 5) is 12.7. The zero-order valence-corrected chi connectivity index (χ0v) is 17.6. The maximum absolute atomic E-state index is 11.6. The van der Waals surface area contributed by atoms with Crippen LogP contribution in [0.4, 0.5) is 0 Å². The summed E-state index contributed by atoms with van der Waals surface area (Å²) in [5.74, 6) is -0.704. The first-order chi connectivity index (χ1) is 12.9. The Labute approximate surface area is 168 Å². The summed E-state index contributed by atoms with van der Waals surface area (Å²) >= 11 is 1.48. The maximum Gasteiger partial charge on any atom is 0.316 e. The molecule has 0 fully saturated rings. The normalized spacial score (nSPS) is 12.7. The Balaban J connectivity index is 1.73. The van der Waals surface area contributed by atoms with Gasteiger partial charge in [0.05, 0.1) is 0 Å². The summed E-state index contributed by atoms with van der Waals surface area (Å²) in [5.41, 5.74) is 2.78. The van der Waals surface area contributed by atoms with Crippen LogP contribution in [0.3, 0.4) is 0 Å². The highest BCUT2D eigenvalue weighted by Crippen LogP contribution is 2.30. The van der Waals surface area contributed by atoms with Crippen LogP contribution < -0.4 is 0 Å². The Hall–Kier alpha value is -1.74. The van der Waals surface area contributed by atoms with Gasteiger partial charge >= 0.3 is 5.97 Å². The first kappa shape index (κ1) is 21.6. The van der Waals surface area contributed by atoms with Crippen molar-refractivity contribution in [2.24, 2.45) is 0 Å². The number of carbonyl (C=O) groups is 1. The van der Waals surface area contributed by atoms with E-state index in [9.17, 15) is 9.90 Å². The molecule has 0 saturated heterocycles. The number of hydrogen-bond donors (Lipinski definition) is 1. The molecule has 146 valence electrons. The highest BCUT2D eigenvalue weighted by atomic mass is 32.2. The molecule has 0 aliphatic heterocycles. The van der Waals surface area contributed by atoms with Gasteiger partial charge in [-0.1, -0.05) is 82.5 Å². The van der Waals surface area contributed by atoms with E-state index in [0.29, 0.717) is 0 Å². The van der Waals surface area contributed by atoms with Gasteiger partial charge in [0.15, 0.2) is 0 Å². The van der Waals surface area contributed by atoms with Crippen LogP contribution in [0.5, 0.6) is 0 Å². The molecule has 1 unspecified atom stereocenters. The van der Waals surface area contributed by atoms with E-state index in [1.165, 1.54) is 29.3 Å². The molecule has 3 heteroatoms. The third-order valence-corrected chi connectivity index (χ3v) is 6.06. The molecular weight excluding hydrogens is 352 g/mol. The molecule has 0 saturated carbocycles. The van der Waals surface area contributed by atoms with Gasteiger partial charge in [-0.2, -0.15) is 0 Å². The lowest BCUT2D eigenvalue weighted by molar-refractivity contribution is -0.136. The monoisotopic (exact) mass is 384 g/mol. The smallest absolute Gasteiger partial charge is 0.316 e. The summed E-state index contributed by atoms with van der Waals surface area (Å²) in [6.45, 7) is 6.56. The highest BCUT2D eigenvalue weighted by molar-refractivity contribution is 8.00. The van der Waals surface area contributed by atoms with Crippen molar-refractivity contribution in [1.29, 1.82) is 0 Å². The molecule has 2 aromatic carbocycles. The van der Waals surface area contributed by atoms with Gasteiger partial charge in [-0.05, 0) is 47.9 Å². The lowest BCUT2D eigenvalue weighted by Gasteiger charge is -2.19. The lowest BCUT2D eigenvalue weighted by atomic mass is 9.87. The summed E-state index contributed by atoms with van der Waals surface area (Å²) in [6, 6.07) is 18.9. The van der Waals surface area contributed by atoms with Gasteiger partial charge in [-0.3, -0.25) is 4.79 Å². The van der Waals surface area contributed by atoms with E-state index >= 15 is 0 Å². The second-order valence-corrected chi connectivity index (χ2v) is 9.43. The number of rotatable bonds is 10. The van der Waals surface area contributed by atoms with E-state index in [1.54, 1.807) is 0 Å². The Morgan fingerprint density at radius 2 is 1.56 bits per heavy atom. The van der Waals surface area contributed by atoms with Gasteiger partial charge in [0.25, 0.3) is 0 Å². The van der Waals surface area contributed by atoms with Gasteiger partial charge in [0.2, 0.25) is 0 Å². The third kappa shape index (κ3) is 7.80. The third-order valence-electron chi connectivity index (χ3n) is 4.80. The molecule has 2 aromatic rings. The molecule has 0 spiro atoms. The number of hydrogen-bond acceptors (Lipinski definition) is 2. The van der Waals surface area contributed by atoms with E-state index < -0.39 is 5.97 Å². The molecule has 2 rings (SSSR count). The average Bonchev–Trinajstić information content (AvgIpc) is 2.64. The van der Waals surface area contributed by atoms with Crippen LogP contribution in [0, 0.1) is 0 Å². The fourth-order valence-corrected chi connectivity index (χ4v) is 4.09. The second-order valence-electron chi connectivity index (χ2n) is 8.16. The minimum Gasteiger partial charge on any atom is -0.480 e. The Morgan fingerprint density at radius 1 is 0.926 bits per heavy atom. The Kier molecular flexibility index (Phi) is 8.43. The van der Waals surface area contributed by atoms with Gasteiger partial charge < -0.3 is 5.11 Å². The number of thioether (sulfide) groups is 1. The molecule has 0 aliphatic carbocycles. The summed E-state index contributed by atoms with van der Waals surface area (Å²) < 4.78 is 0. The molecule has 1 atom stereocenters. The predicted molar refractivity (Wildman–Crippen MR) is 116 cm³/mol. The van der Waals surface area contributed by atoms with Crippen molar-refractivity contribution in [3.05, 3.63) is 65.7 Å². The fourth-order valence-electron chi connectivity index (χ4n) is 3.09. The fraction of sp³-hybridized carbons (Fsp3) is 0.458. The molecule has 0 radical (unpaired) electrons. The maximum atomic E-state index is 11.6. The summed E-state index contributed by atoms with van der Waals surface area (Å²) in [6.07, 6.45) is 6.23. The van der Waals surface area contributed by atoms with Crippen molar-refractivity contribution >= 4 is 17.7 Å². The van der Waals surface area contributed by atoms with E-state index in [2.05, 4.69) is 69.3 Å². The quantitative estimate of drug-likeness (QED) is 0.365. The number of unbranched alkanes of at least 4 members (excludes halogenated alkanes) is 3. The predicted octanol–water partition coefficient (Wildman–Crippen LogP) is 6.72. The van der Waals surface area contributed by atoms with Crippen LogP contribution in [0.15, 0.2) is 59.5 Å². The highest BCUT2D eigenvalue weighted by Gasteiger charge is 2.19. The zero-order chi connectivity index (χ0) is 19.7. The van der Waals surface area contributed by atoms with Gasteiger partial charge in [-0.15, -0.1) is 11.8 Å². The van der Waals surface area contributed by atoms with Crippen molar-refractivity contribution < 1.29 is 9.90 Å². The second kappa shape index (κ2) is 10.6. The average molecular weight is 385 g/mol. The van der Waals surface area contributed by atoms with Crippen LogP contribution in [-0.4, -0.2) is 16.3 Å². The van der Waals surface area contributed by atoms with Crippen molar-refractivity contribution in [2.75, 3.05) is 0 Å². The summed E-state index contributed by atoms with van der Waals surface area (Å²) in [7, 11) is 0. The van der Waals surface area contributed by atoms with E-state index in [0.717, 1.165) is 37.0 Å². The van der Waals surface area contributed by atoms with E-state index in [1.807, 2.05) is 6.07 Å². The number of benzene rings is 2. The topological polar surface area (TPSA) is 37.3 Å². The largest absolute Gasteiger partial charge is 0.480 e. The van der Waals surface area contributed by atoms with Gasteiger partial charge in [0.1, 0.15) is 5.25 Å². The summed E-state index contributed by atoms with van der Waals surface area (Å²) in [5, 5.41) is 9.19. The van der Waals surface area contributed by atoms with Crippen molar-refractivity contribution in [3.63, 3.8) is 0 Å². The van der Waals surface area contributed by atoms with Crippen molar-refractivity contribution in [1.82, 2.24) is 0 Å². The molecular formula is C24H32O2S. The van der Waals surface area contributed by atoms with Crippen LogP contribution >= 0.6 is 11.8 Å². The molecule has 0 aromatic heterocycles. The lowest BCUT2D eigenvalue weighted by Crippen LogP contribution is -2.16. The minimum atomic E-state index is -0.704. The first-order valence-electron chi connectivity index (χ1n) is 9.90. The molecule has 0 heterocycles. The molecule has 1 N–H and O–H groups in total. The molecule has 0 aliphatic rings. The van der Waals surface area contributed by atoms with Gasteiger partial charge in [-0.25, -0.2) is 0 Å². The molecule has 0 bridgehead atoms. The molecule has 27 heavy (non-hydrogen) atoms. The van der Waals surface area contributed by atoms with Crippen molar-refractivity contribution in [2.45, 2.75) is 74.9 Å². The van der Waals surface area contributed by atoms with Gasteiger partial charge in [0, 0.05) is 4.90 Å². The number of aliphatic carboxylic acids is 1. The minimum absolute atomic E-state index is 0.120. The Morgan fingerprint density at radius 3 is 2.15 bits per heavy atom. The number of aryl methyl sites for hydroxylation is 1. The SMILES string of the molecule is CC(C)(C)c1ccc(SC(CCCCCCc2ccccc2)C(=O)O)cc1. The number of carboxylic acids is 1. The van der Waals surface area contributed by atoms with Crippen LogP contribution in [0.2, 0.25) is 0 Å². The standard InChI is InChI=1S/C24H32O2S/c1-24(2,3)20-15-17-21(18-16-20)27-22(23(25)26)14-10-5-4-7-11-19-12-8-6-9-13-19/h6,8-9,12-13,15-18,22H,4-5,7,10-11,14H2,1-3H3,(H,25,26). The van der Waals surface area contributed by atoms with E-state index in [-0.39, 0.29) is 10.7 Å². The zero-order valence-electron chi connectivity index (χ0n) is 16.8. The molecule has 0 amide bonds. The van der Waals surface area contributed by atoms with E-state index in [4.69, 9.17) is 0 Å². The van der Waals surface area contributed by atoms with Crippen LogP contribution in [-0.2, 0) is 16.6 Å². The Bertz CT molecular complexity index is 687. The van der Waals surface area contributed by atoms with Crippen LogP contribution in [0.25, 0.3) is 0 Å². The van der Waals surface area contributed by atoms with Crippen LogP contribution in [0.1, 0.15) is 64.0 Å². The number of carboxylic acid groups (broad SMARTS) is 1. The molecule has 2 nitrogen and oxygen atoms in total. The first-order valence-corrected chi connectivity index (χ1v) is 10.8. The van der Waals surface area contributed by atoms with Crippen molar-refractivity contribution in [3.8, 4) is 0 Å².